The van der Waals surface area contributed by atoms with Gasteiger partial charge in [-0.2, -0.15) is 0 Å². The predicted octanol–water partition coefficient (Wildman–Crippen LogP) is -3.04. The van der Waals surface area contributed by atoms with Crippen molar-refractivity contribution < 1.29 is 4.42 Å². The van der Waals surface area contributed by atoms with E-state index in [2.05, 4.69) is 160 Å². The van der Waals surface area contributed by atoms with Gasteiger partial charge < -0.3 is 4.42 Å². The van der Waals surface area contributed by atoms with Gasteiger partial charge in [0.25, 0.3) is 0 Å². The van der Waals surface area contributed by atoms with Gasteiger partial charge in [-0.15, -0.1) is 21.9 Å². The summed E-state index contributed by atoms with van der Waals surface area (Å²) in [4.78, 5) is 0. The molecule has 0 radical (unpaired) electrons. The number of furan rings is 1. The molecule has 0 aliphatic heterocycles. The predicted molar refractivity (Wildman–Crippen MR) is 230 cm³/mol. The van der Waals surface area contributed by atoms with Crippen LogP contribution in [0, 0.1) is 0 Å². The fraction of sp³-hybridized carbons (Fsp3) is 0. The maximum Gasteiger partial charge on any atom is 0.143 e. The summed E-state index contributed by atoms with van der Waals surface area (Å²) < 4.78 is 6.81. The van der Waals surface area contributed by atoms with Crippen LogP contribution in [0.25, 0.3) is 76.9 Å². The van der Waals surface area contributed by atoms with Crippen LogP contribution in [0.15, 0.2) is 101 Å². The molecule has 0 aliphatic carbocycles. The van der Waals surface area contributed by atoms with Crippen LogP contribution in [0.2, 0.25) is 0 Å². The van der Waals surface area contributed by atoms with Gasteiger partial charge in [0.2, 0.25) is 0 Å². The molecule has 0 spiro atoms. The molecule has 8 rings (SSSR count). The van der Waals surface area contributed by atoms with Crippen LogP contribution in [0.4, 0.5) is 0 Å². The molecule has 8 aromatic rings. The number of fused-ring (bicyclic) bond motifs is 5. The van der Waals surface area contributed by atoms with Crippen molar-refractivity contribution in [3.05, 3.63) is 97.1 Å². The summed E-state index contributed by atoms with van der Waals surface area (Å²) >= 11 is 0. The smallest absolute Gasteiger partial charge is 0.143 e. The standard InChI is InChI=1S/C38H32B8O/c39-30-26-23(18-11-5-2-6-12-18)27-29(33(42)37(46)35(44)31(27)40)25(28(26)32(41)36(45)34(30)43)20-14-8-16-22-24(20)21-15-7-13-19(38(21)47-22)17-9-3-1-4-10-17/h1-16H,39-46H2. The van der Waals surface area contributed by atoms with Gasteiger partial charge in [0.05, 0.1) is 0 Å². The van der Waals surface area contributed by atoms with E-state index < -0.39 is 0 Å². The van der Waals surface area contributed by atoms with Crippen molar-refractivity contribution in [2.45, 2.75) is 0 Å². The third-order valence-electron chi connectivity index (χ3n) is 11.3. The zero-order valence-corrected chi connectivity index (χ0v) is 28.6. The van der Waals surface area contributed by atoms with Crippen molar-refractivity contribution in [1.29, 1.82) is 0 Å². The molecule has 0 fully saturated rings. The van der Waals surface area contributed by atoms with Crippen molar-refractivity contribution in [1.82, 2.24) is 0 Å². The molecule has 0 bridgehead atoms. The number of rotatable bonds is 3. The Morgan fingerprint density at radius 2 is 0.787 bits per heavy atom. The van der Waals surface area contributed by atoms with Gasteiger partial charge in [0, 0.05) is 16.3 Å². The molecular formula is C38H32B8O. The Kier molecular flexibility index (Phi) is 6.95. The van der Waals surface area contributed by atoms with E-state index in [1.807, 2.05) is 0 Å². The lowest BCUT2D eigenvalue weighted by molar-refractivity contribution is 0.670. The highest BCUT2D eigenvalue weighted by Gasteiger charge is 2.26. The summed E-state index contributed by atoms with van der Waals surface area (Å²) in [6.45, 7) is 0. The largest absolute Gasteiger partial charge is 0.455 e. The molecule has 7 aromatic carbocycles. The van der Waals surface area contributed by atoms with E-state index in [9.17, 15) is 0 Å². The minimum Gasteiger partial charge on any atom is -0.455 e. The topological polar surface area (TPSA) is 13.1 Å². The minimum atomic E-state index is 0.922. The van der Waals surface area contributed by atoms with Gasteiger partial charge in [-0.25, -0.2) is 0 Å². The first-order valence-electron chi connectivity index (χ1n) is 16.7. The molecule has 0 saturated carbocycles. The SMILES string of the molecule is Bc1c(B)c(B)c2c(-c3cccc4oc5c(-c6ccccc6)cccc5c34)c3c(B)c(B)c(B)c(B)c3c(-c3ccccc3)c2c1B. The number of hydrogen-bond acceptors (Lipinski definition) is 1. The summed E-state index contributed by atoms with van der Waals surface area (Å²) in [5.74, 6) is 0. The highest BCUT2D eigenvalue weighted by Crippen LogP contribution is 2.45. The molecule has 0 aliphatic rings. The zero-order valence-electron chi connectivity index (χ0n) is 28.6. The first-order valence-corrected chi connectivity index (χ1v) is 16.7. The average molecular weight is 591 g/mol. The fourth-order valence-corrected chi connectivity index (χ4v) is 8.19. The molecule has 1 nitrogen and oxygen atoms in total. The quantitative estimate of drug-likeness (QED) is 0.158. The van der Waals surface area contributed by atoms with Crippen molar-refractivity contribution in [3.8, 4) is 33.4 Å². The molecule has 1 heterocycles. The van der Waals surface area contributed by atoms with Crippen LogP contribution in [0.3, 0.4) is 0 Å². The van der Waals surface area contributed by atoms with E-state index >= 15 is 0 Å². The van der Waals surface area contributed by atoms with E-state index in [4.69, 9.17) is 4.42 Å². The molecular weight excluding hydrogens is 559 g/mol. The summed E-state index contributed by atoms with van der Waals surface area (Å²) in [6, 6.07) is 34.9. The first kappa shape index (κ1) is 29.8. The lowest BCUT2D eigenvalue weighted by atomic mass is 9.59. The van der Waals surface area contributed by atoms with Crippen LogP contribution in [-0.4, -0.2) is 62.8 Å². The maximum absolute atomic E-state index is 6.81. The Morgan fingerprint density at radius 1 is 0.340 bits per heavy atom. The van der Waals surface area contributed by atoms with Crippen LogP contribution < -0.4 is 43.7 Å². The van der Waals surface area contributed by atoms with E-state index in [1.165, 1.54) is 92.9 Å². The molecule has 0 saturated heterocycles. The van der Waals surface area contributed by atoms with Gasteiger partial charge >= 0.3 is 0 Å². The molecule has 0 N–H and O–H groups in total. The third kappa shape index (κ3) is 4.22. The molecule has 9 heteroatoms. The molecule has 214 valence electrons. The second kappa shape index (κ2) is 11.0. The Bertz CT molecular complexity index is 2510. The van der Waals surface area contributed by atoms with E-state index in [1.54, 1.807) is 0 Å². The second-order valence-electron chi connectivity index (χ2n) is 13.4. The second-order valence-corrected chi connectivity index (χ2v) is 13.4. The van der Waals surface area contributed by atoms with Gasteiger partial charge in [0.1, 0.15) is 73.9 Å². The summed E-state index contributed by atoms with van der Waals surface area (Å²) in [5, 5.41) is 7.76. The van der Waals surface area contributed by atoms with Gasteiger partial charge in [-0.05, 0) is 55.4 Å². The van der Waals surface area contributed by atoms with Crippen molar-refractivity contribution in [2.24, 2.45) is 0 Å². The van der Waals surface area contributed by atoms with E-state index in [0.717, 1.165) is 27.7 Å². The molecule has 0 unspecified atom stereocenters. The third-order valence-corrected chi connectivity index (χ3v) is 11.3. The first-order chi connectivity index (χ1) is 22.7. The average Bonchev–Trinajstić information content (AvgIpc) is 3.50. The Hall–Kier alpha value is -4.62. The highest BCUT2D eigenvalue weighted by atomic mass is 16.3. The molecule has 0 amide bonds. The molecule has 0 atom stereocenters. The Morgan fingerprint density at radius 3 is 1.32 bits per heavy atom. The van der Waals surface area contributed by atoms with Gasteiger partial charge in [-0.1, -0.05) is 113 Å². The molecule has 47 heavy (non-hydrogen) atoms. The van der Waals surface area contributed by atoms with Crippen molar-refractivity contribution >= 4 is 150 Å². The highest BCUT2D eigenvalue weighted by molar-refractivity contribution is 6.71. The normalized spacial score (nSPS) is 11.7. The lowest BCUT2D eigenvalue weighted by Gasteiger charge is -2.28. The number of hydrogen-bond donors (Lipinski definition) is 0. The fourth-order valence-electron chi connectivity index (χ4n) is 8.19. The Labute approximate surface area is 283 Å². The summed E-state index contributed by atoms with van der Waals surface area (Å²) in [6.07, 6.45) is 0. The van der Waals surface area contributed by atoms with Crippen molar-refractivity contribution in [2.75, 3.05) is 0 Å². The summed E-state index contributed by atoms with van der Waals surface area (Å²) in [7, 11) is 18.5. The monoisotopic (exact) mass is 592 g/mol. The minimum absolute atomic E-state index is 0.922. The Balaban J connectivity index is 1.67. The maximum atomic E-state index is 6.81. The van der Waals surface area contributed by atoms with Crippen molar-refractivity contribution in [3.63, 3.8) is 0 Å². The van der Waals surface area contributed by atoms with E-state index in [-0.39, 0.29) is 0 Å². The van der Waals surface area contributed by atoms with Gasteiger partial charge in [0.15, 0.2) is 0 Å². The van der Waals surface area contributed by atoms with Crippen LogP contribution >= 0.6 is 0 Å². The molecule has 1 aromatic heterocycles. The van der Waals surface area contributed by atoms with E-state index in [0.29, 0.717) is 0 Å². The summed E-state index contributed by atoms with van der Waals surface area (Å²) in [5.41, 5.74) is 20.2. The van der Waals surface area contributed by atoms with Crippen LogP contribution in [-0.2, 0) is 0 Å². The lowest BCUT2D eigenvalue weighted by Crippen LogP contribution is -2.50. The van der Waals surface area contributed by atoms with Gasteiger partial charge in [-0.3, -0.25) is 0 Å². The zero-order chi connectivity index (χ0) is 32.7. The van der Waals surface area contributed by atoms with Crippen LogP contribution in [0.1, 0.15) is 0 Å². The number of benzene rings is 7. The number of para-hydroxylation sites is 1. The van der Waals surface area contributed by atoms with Crippen LogP contribution in [0.5, 0.6) is 0 Å².